The van der Waals surface area contributed by atoms with E-state index >= 15 is 0 Å². The number of carbonyl (C=O) groups is 1. The van der Waals surface area contributed by atoms with Crippen LogP contribution >= 0.6 is 24.0 Å². The number of guanidine groups is 1. The van der Waals surface area contributed by atoms with E-state index in [-0.39, 0.29) is 30.1 Å². The van der Waals surface area contributed by atoms with Crippen molar-refractivity contribution in [1.29, 1.82) is 0 Å². The second-order valence-corrected chi connectivity index (χ2v) is 8.45. The molecule has 1 rings (SSSR count). The molecule has 1 heterocycles. The van der Waals surface area contributed by atoms with Crippen LogP contribution in [0.3, 0.4) is 0 Å². The van der Waals surface area contributed by atoms with Crippen LogP contribution in [0.25, 0.3) is 0 Å². The van der Waals surface area contributed by atoms with Crippen LogP contribution in [0.4, 0.5) is 4.79 Å². The molecule has 172 valence electrons. The smallest absolute Gasteiger partial charge is 0.410 e. The van der Waals surface area contributed by atoms with Gasteiger partial charge in [0.25, 0.3) is 0 Å². The molecule has 0 aromatic heterocycles. The van der Waals surface area contributed by atoms with Gasteiger partial charge in [0.15, 0.2) is 5.96 Å². The molecule has 1 fully saturated rings. The Morgan fingerprint density at radius 2 is 1.72 bits per heavy atom. The van der Waals surface area contributed by atoms with Crippen LogP contribution in [0.1, 0.15) is 54.4 Å². The molecule has 1 saturated heterocycles. The number of piperidine rings is 1. The van der Waals surface area contributed by atoms with Gasteiger partial charge >= 0.3 is 6.09 Å². The second-order valence-electron chi connectivity index (χ2n) is 8.45. The SMILES string of the molecule is CCN(CC)CCNC(=NC)N1CCC(CN(CC)C(=O)OC(C)(C)C)CC1.I. The largest absolute Gasteiger partial charge is 0.444 e. The van der Waals surface area contributed by atoms with E-state index in [1.807, 2.05) is 39.6 Å². The molecule has 8 heteroatoms. The number of aliphatic imine (C=N–C) groups is 1. The van der Waals surface area contributed by atoms with E-state index in [0.717, 1.165) is 64.6 Å². The van der Waals surface area contributed by atoms with E-state index in [1.54, 1.807) is 0 Å². The summed E-state index contributed by atoms with van der Waals surface area (Å²) in [4.78, 5) is 23.4. The lowest BCUT2D eigenvalue weighted by Crippen LogP contribution is -2.49. The maximum Gasteiger partial charge on any atom is 0.410 e. The van der Waals surface area contributed by atoms with Gasteiger partial charge in [0.1, 0.15) is 5.60 Å². The highest BCUT2D eigenvalue weighted by Gasteiger charge is 2.27. The summed E-state index contributed by atoms with van der Waals surface area (Å²) < 4.78 is 5.53. The summed E-state index contributed by atoms with van der Waals surface area (Å²) in [5.74, 6) is 1.50. The van der Waals surface area contributed by atoms with E-state index in [0.29, 0.717) is 12.5 Å². The Morgan fingerprint density at radius 1 is 1.14 bits per heavy atom. The van der Waals surface area contributed by atoms with E-state index in [4.69, 9.17) is 4.74 Å². The monoisotopic (exact) mass is 525 g/mol. The minimum absolute atomic E-state index is 0. The molecule has 1 amide bonds. The molecule has 0 saturated carbocycles. The topological polar surface area (TPSA) is 60.4 Å². The highest BCUT2D eigenvalue weighted by molar-refractivity contribution is 14.0. The molecule has 0 aromatic carbocycles. The van der Waals surface area contributed by atoms with Gasteiger partial charge < -0.3 is 24.8 Å². The number of amides is 1. The second kappa shape index (κ2) is 14.3. The molecular formula is C21H44IN5O2. The van der Waals surface area contributed by atoms with Crippen LogP contribution in [0.15, 0.2) is 4.99 Å². The number of nitrogens with zero attached hydrogens (tertiary/aromatic N) is 4. The Kier molecular flexibility index (Phi) is 13.9. The molecule has 1 N–H and O–H groups in total. The number of ether oxygens (including phenoxy) is 1. The fourth-order valence-corrected chi connectivity index (χ4v) is 3.50. The maximum absolute atomic E-state index is 12.4. The third kappa shape index (κ3) is 10.7. The van der Waals surface area contributed by atoms with Crippen LogP contribution in [0, 0.1) is 5.92 Å². The number of halogens is 1. The van der Waals surface area contributed by atoms with Crippen molar-refractivity contribution in [1.82, 2.24) is 20.0 Å². The molecule has 0 aromatic rings. The summed E-state index contributed by atoms with van der Waals surface area (Å²) in [7, 11) is 1.85. The molecule has 1 aliphatic heterocycles. The molecule has 7 nitrogen and oxygen atoms in total. The van der Waals surface area contributed by atoms with E-state index in [2.05, 4.69) is 34.0 Å². The van der Waals surface area contributed by atoms with Crippen molar-refractivity contribution in [3.05, 3.63) is 0 Å². The summed E-state index contributed by atoms with van der Waals surface area (Å²) in [6.45, 7) is 19.6. The third-order valence-electron chi connectivity index (χ3n) is 5.24. The molecule has 0 spiro atoms. The number of rotatable bonds is 8. The molecule has 0 bridgehead atoms. The van der Waals surface area contributed by atoms with Gasteiger partial charge in [-0.25, -0.2) is 4.79 Å². The highest BCUT2D eigenvalue weighted by atomic mass is 127. The standard InChI is InChI=1S/C21H43N5O2.HI/c1-8-24(9-2)16-13-23-19(22-7)26-14-11-18(12-15-26)17-25(10-3)20(27)28-21(4,5)6;/h18H,8-17H2,1-7H3,(H,22,23);1H. The van der Waals surface area contributed by atoms with Crippen LogP contribution < -0.4 is 5.32 Å². The van der Waals surface area contributed by atoms with Gasteiger partial charge in [-0.15, -0.1) is 24.0 Å². The van der Waals surface area contributed by atoms with Crippen molar-refractivity contribution in [3.63, 3.8) is 0 Å². The Balaban J connectivity index is 0.00000784. The fraction of sp³-hybridized carbons (Fsp3) is 0.905. The Bertz CT molecular complexity index is 484. The molecular weight excluding hydrogens is 481 g/mol. The number of likely N-dealkylation sites (N-methyl/N-ethyl adjacent to an activating group) is 1. The van der Waals surface area contributed by atoms with E-state index in [1.165, 1.54) is 0 Å². The summed E-state index contributed by atoms with van der Waals surface area (Å²) >= 11 is 0. The number of nitrogens with one attached hydrogen (secondary N) is 1. The summed E-state index contributed by atoms with van der Waals surface area (Å²) in [6, 6.07) is 0. The van der Waals surface area contributed by atoms with Gasteiger partial charge in [0.05, 0.1) is 0 Å². The van der Waals surface area contributed by atoms with Crippen LogP contribution in [0.2, 0.25) is 0 Å². The Hall–Kier alpha value is -0.770. The first kappa shape index (κ1) is 28.2. The van der Waals surface area contributed by atoms with Gasteiger partial charge in [0, 0.05) is 46.3 Å². The first-order valence-corrected chi connectivity index (χ1v) is 10.9. The van der Waals surface area contributed by atoms with E-state index in [9.17, 15) is 4.79 Å². The predicted molar refractivity (Wildman–Crippen MR) is 132 cm³/mol. The van der Waals surface area contributed by atoms with Crippen LogP contribution in [-0.4, -0.2) is 91.8 Å². The minimum Gasteiger partial charge on any atom is -0.444 e. The van der Waals surface area contributed by atoms with E-state index < -0.39 is 5.60 Å². The van der Waals surface area contributed by atoms with Crippen molar-refractivity contribution in [2.45, 2.75) is 60.0 Å². The molecule has 0 aliphatic carbocycles. The van der Waals surface area contributed by atoms with Crippen molar-refractivity contribution in [3.8, 4) is 0 Å². The van der Waals surface area contributed by atoms with Gasteiger partial charge in [0.2, 0.25) is 0 Å². The van der Waals surface area contributed by atoms with Gasteiger partial charge in [-0.05, 0) is 59.5 Å². The Morgan fingerprint density at radius 3 is 2.17 bits per heavy atom. The van der Waals surface area contributed by atoms with Gasteiger partial charge in [-0.1, -0.05) is 13.8 Å². The summed E-state index contributed by atoms with van der Waals surface area (Å²) in [5.41, 5.74) is -0.447. The lowest BCUT2D eigenvalue weighted by Gasteiger charge is -2.36. The molecule has 0 radical (unpaired) electrons. The molecule has 0 unspecified atom stereocenters. The minimum atomic E-state index is -0.447. The zero-order valence-electron chi connectivity index (χ0n) is 19.7. The fourth-order valence-electron chi connectivity index (χ4n) is 3.50. The molecule has 1 aliphatic rings. The summed E-state index contributed by atoms with van der Waals surface area (Å²) in [6.07, 6.45) is 1.93. The average Bonchev–Trinajstić information content (AvgIpc) is 2.65. The lowest BCUT2D eigenvalue weighted by atomic mass is 9.96. The Labute approximate surface area is 195 Å². The first-order chi connectivity index (χ1) is 13.2. The number of hydrogen-bond acceptors (Lipinski definition) is 4. The lowest BCUT2D eigenvalue weighted by molar-refractivity contribution is 0.0214. The van der Waals surface area contributed by atoms with Gasteiger partial charge in [-0.2, -0.15) is 0 Å². The van der Waals surface area contributed by atoms with Crippen molar-refractivity contribution < 1.29 is 9.53 Å². The highest BCUT2D eigenvalue weighted by Crippen LogP contribution is 2.20. The maximum atomic E-state index is 12.4. The molecule has 0 atom stereocenters. The average molecular weight is 526 g/mol. The normalized spacial score (nSPS) is 15.9. The number of carbonyl (C=O) groups excluding carboxylic acids is 1. The summed E-state index contributed by atoms with van der Waals surface area (Å²) in [5, 5.41) is 3.50. The van der Waals surface area contributed by atoms with Crippen LogP contribution in [0.5, 0.6) is 0 Å². The third-order valence-corrected chi connectivity index (χ3v) is 5.24. The first-order valence-electron chi connectivity index (χ1n) is 10.9. The number of likely N-dealkylation sites (tertiary alicyclic amines) is 1. The quantitative estimate of drug-likeness (QED) is 0.299. The van der Waals surface area contributed by atoms with Crippen LogP contribution in [-0.2, 0) is 4.74 Å². The predicted octanol–water partition coefficient (Wildman–Crippen LogP) is 3.49. The molecule has 29 heavy (non-hydrogen) atoms. The van der Waals surface area contributed by atoms with Crippen molar-refractivity contribution >= 4 is 36.0 Å². The van der Waals surface area contributed by atoms with Crippen molar-refractivity contribution in [2.24, 2.45) is 10.9 Å². The number of hydrogen-bond donors (Lipinski definition) is 1. The zero-order valence-corrected chi connectivity index (χ0v) is 22.0. The van der Waals surface area contributed by atoms with Gasteiger partial charge in [-0.3, -0.25) is 4.99 Å². The zero-order chi connectivity index (χ0) is 21.2. The van der Waals surface area contributed by atoms with Crippen molar-refractivity contribution in [2.75, 3.05) is 59.4 Å².